The zero-order valence-electron chi connectivity index (χ0n) is 15.9. The molecule has 0 N–H and O–H groups in total. The van der Waals surface area contributed by atoms with Gasteiger partial charge in [0.15, 0.2) is 5.01 Å². The molecule has 4 rings (SSSR count). The first-order valence-electron chi connectivity index (χ1n) is 9.00. The molecule has 1 aliphatic rings. The zero-order chi connectivity index (χ0) is 20.5. The number of nitrogens with zero attached hydrogens (tertiary/aromatic N) is 4. The van der Waals surface area contributed by atoms with Crippen LogP contribution in [0.5, 0.6) is 0 Å². The largest absolute Gasteiger partial charge is 0.458 e. The summed E-state index contributed by atoms with van der Waals surface area (Å²) in [5.74, 6) is -0.609. The molecule has 1 atom stereocenters. The highest BCUT2D eigenvalue weighted by Crippen LogP contribution is 2.33. The van der Waals surface area contributed by atoms with Gasteiger partial charge in [-0.2, -0.15) is 9.61 Å². The van der Waals surface area contributed by atoms with Crippen LogP contribution >= 0.6 is 11.3 Å². The Kier molecular flexibility index (Phi) is 4.98. The first-order valence-corrected chi connectivity index (χ1v) is 9.82. The van der Waals surface area contributed by atoms with Crippen LogP contribution in [0.25, 0.3) is 11.0 Å². The summed E-state index contributed by atoms with van der Waals surface area (Å²) in [6.45, 7) is 3.14. The fraction of sp³-hybridized carbons (Fsp3) is 0.250. The molecule has 148 valence electrons. The highest BCUT2D eigenvalue weighted by molar-refractivity contribution is 7.16. The van der Waals surface area contributed by atoms with E-state index >= 15 is 0 Å². The van der Waals surface area contributed by atoms with Crippen LogP contribution in [0.3, 0.4) is 0 Å². The van der Waals surface area contributed by atoms with Crippen LogP contribution in [-0.4, -0.2) is 31.4 Å². The smallest absolute Gasteiger partial charge is 0.308 e. The average molecular weight is 410 g/mol. The standard InChI is InChI=1S/C20H18N4O4S/c1-12-9-18(26)24-20(21-12)29-17(22-24)11-28-19(27)10-16-15-6-4-3-5-14(15)7-8-23(16)13(2)25/h3-9,16H,10-11H2,1-2H3/t16-/m1/s1. The summed E-state index contributed by atoms with van der Waals surface area (Å²) in [6.07, 6.45) is 3.56. The van der Waals surface area contributed by atoms with Crippen molar-refractivity contribution in [3.8, 4) is 0 Å². The van der Waals surface area contributed by atoms with E-state index in [0.29, 0.717) is 15.7 Å². The predicted molar refractivity (Wildman–Crippen MR) is 107 cm³/mol. The maximum Gasteiger partial charge on any atom is 0.308 e. The number of esters is 1. The highest BCUT2D eigenvalue weighted by Gasteiger charge is 2.28. The van der Waals surface area contributed by atoms with Crippen LogP contribution in [0.2, 0.25) is 0 Å². The minimum Gasteiger partial charge on any atom is -0.458 e. The average Bonchev–Trinajstić information content (AvgIpc) is 3.09. The van der Waals surface area contributed by atoms with E-state index < -0.39 is 12.0 Å². The molecule has 0 saturated carbocycles. The Morgan fingerprint density at radius 1 is 1.28 bits per heavy atom. The molecule has 0 saturated heterocycles. The molecule has 3 heterocycles. The number of carbonyl (C=O) groups is 2. The molecule has 0 fully saturated rings. The monoisotopic (exact) mass is 410 g/mol. The second kappa shape index (κ2) is 7.59. The van der Waals surface area contributed by atoms with E-state index in [4.69, 9.17) is 4.74 Å². The van der Waals surface area contributed by atoms with Gasteiger partial charge in [-0.15, -0.1) is 0 Å². The fourth-order valence-electron chi connectivity index (χ4n) is 3.29. The lowest BCUT2D eigenvalue weighted by Crippen LogP contribution is -2.32. The maximum absolute atomic E-state index is 12.5. The van der Waals surface area contributed by atoms with Crippen LogP contribution in [-0.2, 0) is 20.9 Å². The van der Waals surface area contributed by atoms with E-state index in [2.05, 4.69) is 10.1 Å². The molecule has 0 spiro atoms. The van der Waals surface area contributed by atoms with Crippen molar-refractivity contribution in [1.29, 1.82) is 0 Å². The molecule has 0 bridgehead atoms. The Morgan fingerprint density at radius 2 is 2.07 bits per heavy atom. The minimum atomic E-state index is -0.456. The Labute approximate surface area is 170 Å². The number of aryl methyl sites for hydroxylation is 1. The third-order valence-electron chi connectivity index (χ3n) is 4.60. The maximum atomic E-state index is 12.5. The number of amides is 1. The van der Waals surface area contributed by atoms with E-state index in [9.17, 15) is 14.4 Å². The Morgan fingerprint density at radius 3 is 2.86 bits per heavy atom. The second-order valence-electron chi connectivity index (χ2n) is 6.68. The fourth-order valence-corrected chi connectivity index (χ4v) is 4.15. The number of fused-ring (bicyclic) bond motifs is 2. The van der Waals surface area contributed by atoms with E-state index in [1.807, 2.05) is 30.3 Å². The van der Waals surface area contributed by atoms with E-state index in [0.717, 1.165) is 11.1 Å². The van der Waals surface area contributed by atoms with Gasteiger partial charge in [-0.3, -0.25) is 14.4 Å². The zero-order valence-corrected chi connectivity index (χ0v) is 16.7. The van der Waals surface area contributed by atoms with Crippen LogP contribution in [0.15, 0.2) is 41.3 Å². The number of carbonyl (C=O) groups excluding carboxylic acids is 2. The summed E-state index contributed by atoms with van der Waals surface area (Å²) in [5, 5.41) is 4.63. The molecule has 2 aromatic heterocycles. The number of aromatic nitrogens is 3. The van der Waals surface area contributed by atoms with Crippen molar-refractivity contribution in [3.63, 3.8) is 0 Å². The van der Waals surface area contributed by atoms with E-state index in [-0.39, 0.29) is 24.5 Å². The Hall–Kier alpha value is -3.33. The van der Waals surface area contributed by atoms with Gasteiger partial charge in [0, 0.05) is 24.9 Å². The number of benzene rings is 1. The molecule has 0 unspecified atom stereocenters. The summed E-state index contributed by atoms with van der Waals surface area (Å²) in [6, 6.07) is 8.60. The molecule has 9 heteroatoms. The quantitative estimate of drug-likeness (QED) is 0.614. The lowest BCUT2D eigenvalue weighted by molar-refractivity contribution is -0.147. The molecule has 0 aliphatic carbocycles. The Balaban J connectivity index is 1.49. The van der Waals surface area contributed by atoms with Gasteiger partial charge in [-0.1, -0.05) is 35.6 Å². The third-order valence-corrected chi connectivity index (χ3v) is 5.48. The van der Waals surface area contributed by atoms with Crippen molar-refractivity contribution in [3.05, 3.63) is 68.7 Å². The molecular formula is C20H18N4O4S. The van der Waals surface area contributed by atoms with Crippen LogP contribution in [0, 0.1) is 6.92 Å². The van der Waals surface area contributed by atoms with Crippen molar-refractivity contribution in [2.45, 2.75) is 32.9 Å². The molecular weight excluding hydrogens is 392 g/mol. The molecule has 29 heavy (non-hydrogen) atoms. The first-order chi connectivity index (χ1) is 13.9. The lowest BCUT2D eigenvalue weighted by Gasteiger charge is -2.32. The molecule has 1 amide bonds. The first kappa shape index (κ1) is 19.0. The van der Waals surface area contributed by atoms with Gasteiger partial charge in [0.25, 0.3) is 5.56 Å². The molecule has 0 radical (unpaired) electrons. The van der Waals surface area contributed by atoms with E-state index in [1.165, 1.54) is 33.7 Å². The van der Waals surface area contributed by atoms with Crippen molar-refractivity contribution < 1.29 is 14.3 Å². The minimum absolute atomic E-state index is 0.0170. The number of hydrogen-bond acceptors (Lipinski definition) is 7. The molecule has 1 aliphatic heterocycles. The number of hydrogen-bond donors (Lipinski definition) is 0. The lowest BCUT2D eigenvalue weighted by atomic mass is 9.94. The van der Waals surface area contributed by atoms with Crippen molar-refractivity contribution in [2.75, 3.05) is 0 Å². The SMILES string of the molecule is CC(=O)N1C=Cc2ccccc2[C@H]1CC(=O)OCc1nn2c(=O)cc(C)nc2s1. The normalized spacial score (nSPS) is 15.4. The van der Waals surface area contributed by atoms with Gasteiger partial charge in [0.2, 0.25) is 10.9 Å². The molecule has 3 aromatic rings. The van der Waals surface area contributed by atoms with Gasteiger partial charge >= 0.3 is 5.97 Å². The van der Waals surface area contributed by atoms with Crippen molar-refractivity contribution >= 4 is 34.3 Å². The summed E-state index contributed by atoms with van der Waals surface area (Å²) < 4.78 is 6.57. The van der Waals surface area contributed by atoms with Crippen LogP contribution in [0.1, 0.15) is 41.2 Å². The molecule has 8 nitrogen and oxygen atoms in total. The van der Waals surface area contributed by atoms with Crippen molar-refractivity contribution in [2.24, 2.45) is 0 Å². The van der Waals surface area contributed by atoms with Crippen molar-refractivity contribution in [1.82, 2.24) is 19.5 Å². The van der Waals surface area contributed by atoms with Gasteiger partial charge in [0.1, 0.15) is 6.61 Å². The summed E-state index contributed by atoms with van der Waals surface area (Å²) in [5.41, 5.74) is 2.20. The number of rotatable bonds is 4. The van der Waals surface area contributed by atoms with Gasteiger partial charge in [-0.25, -0.2) is 4.98 Å². The van der Waals surface area contributed by atoms with Crippen LogP contribution < -0.4 is 5.56 Å². The summed E-state index contributed by atoms with van der Waals surface area (Å²) in [7, 11) is 0. The van der Waals surface area contributed by atoms with E-state index in [1.54, 1.807) is 13.1 Å². The van der Waals surface area contributed by atoms with Gasteiger partial charge in [-0.05, 0) is 24.1 Å². The topological polar surface area (TPSA) is 93.9 Å². The Bertz CT molecular complexity index is 1200. The predicted octanol–water partition coefficient (Wildman–Crippen LogP) is 2.47. The highest BCUT2D eigenvalue weighted by atomic mass is 32.1. The van der Waals surface area contributed by atoms with Gasteiger partial charge in [0.05, 0.1) is 12.5 Å². The summed E-state index contributed by atoms with van der Waals surface area (Å²) >= 11 is 1.20. The number of ether oxygens (including phenoxy) is 1. The second-order valence-corrected chi connectivity index (χ2v) is 7.72. The third kappa shape index (κ3) is 3.81. The summed E-state index contributed by atoms with van der Waals surface area (Å²) in [4.78, 5) is 42.7. The van der Waals surface area contributed by atoms with Gasteiger partial charge < -0.3 is 9.64 Å². The molecule has 1 aromatic carbocycles. The van der Waals surface area contributed by atoms with Crippen LogP contribution in [0.4, 0.5) is 0 Å².